The van der Waals surface area contributed by atoms with E-state index in [0.29, 0.717) is 39.9 Å². The van der Waals surface area contributed by atoms with Crippen molar-refractivity contribution in [1.82, 2.24) is 9.97 Å². The first-order chi connectivity index (χ1) is 17.7. The summed E-state index contributed by atoms with van der Waals surface area (Å²) >= 11 is 0. The Bertz CT molecular complexity index is 1620. The molecule has 0 fully saturated rings. The summed E-state index contributed by atoms with van der Waals surface area (Å²) < 4.78 is 21.2. The second-order valence-corrected chi connectivity index (χ2v) is 8.97. The van der Waals surface area contributed by atoms with Gasteiger partial charge in [0.25, 0.3) is 6.01 Å². The number of aromatic nitrogens is 2. The summed E-state index contributed by atoms with van der Waals surface area (Å²) in [5.41, 5.74) is 4.78. The summed E-state index contributed by atoms with van der Waals surface area (Å²) in [7, 11) is 0. The van der Waals surface area contributed by atoms with Crippen molar-refractivity contribution in [2.45, 2.75) is 26.2 Å². The number of carbonyl (C=O) groups is 2. The zero-order valence-corrected chi connectivity index (χ0v) is 20.1. The van der Waals surface area contributed by atoms with Gasteiger partial charge in [-0.05, 0) is 72.9 Å². The molecule has 0 saturated heterocycles. The van der Waals surface area contributed by atoms with Crippen LogP contribution in [-0.4, -0.2) is 32.1 Å². The van der Waals surface area contributed by atoms with Crippen LogP contribution in [-0.2, 0) is 0 Å². The van der Waals surface area contributed by atoms with Gasteiger partial charge in [0.15, 0.2) is 0 Å². The first kappa shape index (κ1) is 24.0. The largest absolute Gasteiger partial charge is 0.478 e. The standard InChI is InChI=1S/C29H23FN2O5/c1-15-3-12-21(13-22(15)28(35)36)37-29-31-24-14-23(25(30)16(2)26(24)32-29)19-8-4-17(5-9-19)18-6-10-20(11-7-18)27(33)34/h3-8,10-14,19H,9H2,1-2H3,(H,31,32)(H,33,34)(H,35,36). The van der Waals surface area contributed by atoms with Crippen LogP contribution in [0.2, 0.25) is 0 Å². The topological polar surface area (TPSA) is 113 Å². The van der Waals surface area contributed by atoms with Crippen molar-refractivity contribution in [3.05, 3.63) is 106 Å². The van der Waals surface area contributed by atoms with Crippen LogP contribution in [0.15, 0.2) is 66.8 Å². The van der Waals surface area contributed by atoms with Gasteiger partial charge in [-0.15, -0.1) is 0 Å². The first-order valence-electron chi connectivity index (χ1n) is 11.6. The molecule has 0 aliphatic heterocycles. The van der Waals surface area contributed by atoms with Crippen molar-refractivity contribution in [2.75, 3.05) is 0 Å². The number of nitrogens with one attached hydrogen (secondary N) is 1. The molecule has 3 aromatic carbocycles. The van der Waals surface area contributed by atoms with Crippen LogP contribution in [0.3, 0.4) is 0 Å². The third kappa shape index (κ3) is 4.61. The van der Waals surface area contributed by atoms with Gasteiger partial charge in [0.1, 0.15) is 11.6 Å². The number of allylic oxidation sites excluding steroid dienone is 4. The molecular formula is C29H23FN2O5. The third-order valence-electron chi connectivity index (χ3n) is 6.57. The summed E-state index contributed by atoms with van der Waals surface area (Å²) in [4.78, 5) is 30.0. The van der Waals surface area contributed by atoms with Gasteiger partial charge in [0, 0.05) is 11.5 Å². The van der Waals surface area contributed by atoms with Crippen LogP contribution in [0.1, 0.15) is 55.3 Å². The Balaban J connectivity index is 1.40. The van der Waals surface area contributed by atoms with E-state index in [1.165, 1.54) is 6.07 Å². The molecule has 0 bridgehead atoms. The van der Waals surface area contributed by atoms with Gasteiger partial charge in [0.2, 0.25) is 0 Å². The molecule has 1 atom stereocenters. The summed E-state index contributed by atoms with van der Waals surface area (Å²) in [5, 5.41) is 18.4. The minimum atomic E-state index is -1.05. The Morgan fingerprint density at radius 1 is 1.05 bits per heavy atom. The Hall–Kier alpha value is -4.72. The highest BCUT2D eigenvalue weighted by Gasteiger charge is 2.21. The van der Waals surface area contributed by atoms with E-state index in [1.807, 2.05) is 18.2 Å². The number of carboxylic acid groups (broad SMARTS) is 2. The number of benzene rings is 3. The number of carboxylic acids is 2. The summed E-state index contributed by atoms with van der Waals surface area (Å²) in [6.45, 7) is 3.37. The molecule has 8 heteroatoms. The predicted octanol–water partition coefficient (Wildman–Crippen LogP) is 6.63. The molecule has 0 amide bonds. The number of fused-ring (bicyclic) bond motifs is 1. The predicted molar refractivity (Wildman–Crippen MR) is 137 cm³/mol. The van der Waals surface area contributed by atoms with E-state index in [2.05, 4.69) is 9.97 Å². The van der Waals surface area contributed by atoms with Crippen LogP contribution in [0.4, 0.5) is 4.39 Å². The van der Waals surface area contributed by atoms with Crippen LogP contribution in [0, 0.1) is 19.7 Å². The minimum absolute atomic E-state index is 0.132. The van der Waals surface area contributed by atoms with Crippen LogP contribution >= 0.6 is 0 Å². The molecule has 0 spiro atoms. The smallest absolute Gasteiger partial charge is 0.336 e. The molecule has 4 aromatic rings. The fourth-order valence-corrected chi connectivity index (χ4v) is 4.49. The van der Waals surface area contributed by atoms with E-state index in [4.69, 9.17) is 9.84 Å². The number of hydrogen-bond acceptors (Lipinski definition) is 4. The molecule has 7 nitrogen and oxygen atoms in total. The van der Waals surface area contributed by atoms with Crippen LogP contribution in [0.5, 0.6) is 11.8 Å². The maximum atomic E-state index is 15.4. The number of imidazole rings is 1. The van der Waals surface area contributed by atoms with E-state index in [-0.39, 0.29) is 28.9 Å². The molecule has 37 heavy (non-hydrogen) atoms. The number of aromatic carboxylic acids is 2. The molecule has 3 N–H and O–H groups in total. The van der Waals surface area contributed by atoms with Gasteiger partial charge in [-0.1, -0.05) is 36.4 Å². The number of H-pyrrole nitrogens is 1. The summed E-state index contributed by atoms with van der Waals surface area (Å²) in [5.74, 6) is -2.24. The Morgan fingerprint density at radius 2 is 1.81 bits per heavy atom. The van der Waals surface area contributed by atoms with Crippen molar-refractivity contribution in [2.24, 2.45) is 0 Å². The van der Waals surface area contributed by atoms with Gasteiger partial charge in [-0.3, -0.25) is 0 Å². The third-order valence-corrected chi connectivity index (χ3v) is 6.57. The molecule has 1 aromatic heterocycles. The SMILES string of the molecule is Cc1ccc(Oc2nc3c(C)c(F)c(C4C=CC(c5ccc(C(=O)O)cc5)=CC4)cc3[nH]2)cc1C(=O)O. The number of nitrogens with zero attached hydrogens (tertiary/aromatic N) is 1. The van der Waals surface area contributed by atoms with E-state index in [9.17, 15) is 14.7 Å². The zero-order chi connectivity index (χ0) is 26.3. The Kier molecular flexibility index (Phi) is 6.09. The highest BCUT2D eigenvalue weighted by Crippen LogP contribution is 2.36. The molecule has 1 aliphatic rings. The van der Waals surface area contributed by atoms with E-state index in [1.54, 1.807) is 56.3 Å². The molecule has 5 rings (SSSR count). The highest BCUT2D eigenvalue weighted by molar-refractivity contribution is 5.90. The zero-order valence-electron chi connectivity index (χ0n) is 20.1. The lowest BCUT2D eigenvalue weighted by Gasteiger charge is -2.18. The highest BCUT2D eigenvalue weighted by atomic mass is 19.1. The molecule has 0 saturated carbocycles. The van der Waals surface area contributed by atoms with Crippen molar-refractivity contribution in [3.8, 4) is 11.8 Å². The molecule has 1 heterocycles. The number of halogens is 1. The van der Waals surface area contributed by atoms with E-state index in [0.717, 1.165) is 11.1 Å². The number of hydrogen-bond donors (Lipinski definition) is 3. The average molecular weight is 499 g/mol. The van der Waals surface area contributed by atoms with E-state index >= 15 is 4.39 Å². The number of aromatic amines is 1. The molecule has 186 valence electrons. The number of rotatable bonds is 6. The number of ether oxygens (including phenoxy) is 1. The first-order valence-corrected chi connectivity index (χ1v) is 11.6. The van der Waals surface area contributed by atoms with Crippen LogP contribution < -0.4 is 4.74 Å². The van der Waals surface area contributed by atoms with Crippen molar-refractivity contribution >= 4 is 28.5 Å². The lowest BCUT2D eigenvalue weighted by molar-refractivity contribution is 0.0685. The lowest BCUT2D eigenvalue weighted by Crippen LogP contribution is -2.04. The maximum Gasteiger partial charge on any atom is 0.336 e. The van der Waals surface area contributed by atoms with E-state index < -0.39 is 11.9 Å². The normalized spacial score (nSPS) is 15.0. The Labute approximate surface area is 211 Å². The average Bonchev–Trinajstić information content (AvgIpc) is 3.30. The fourth-order valence-electron chi connectivity index (χ4n) is 4.49. The minimum Gasteiger partial charge on any atom is -0.478 e. The second-order valence-electron chi connectivity index (χ2n) is 8.97. The van der Waals surface area contributed by atoms with Crippen molar-refractivity contribution in [3.63, 3.8) is 0 Å². The van der Waals surface area contributed by atoms with Gasteiger partial charge >= 0.3 is 11.9 Å². The molecule has 0 radical (unpaired) electrons. The van der Waals surface area contributed by atoms with Crippen LogP contribution in [0.25, 0.3) is 16.6 Å². The quantitative estimate of drug-likeness (QED) is 0.275. The molecular weight excluding hydrogens is 475 g/mol. The Morgan fingerprint density at radius 3 is 2.46 bits per heavy atom. The van der Waals surface area contributed by atoms with Gasteiger partial charge in [0.05, 0.1) is 22.2 Å². The van der Waals surface area contributed by atoms with Gasteiger partial charge < -0.3 is 19.9 Å². The van der Waals surface area contributed by atoms with Gasteiger partial charge in [-0.25, -0.2) is 14.0 Å². The maximum absolute atomic E-state index is 15.4. The summed E-state index contributed by atoms with van der Waals surface area (Å²) in [6.07, 6.45) is 6.45. The van der Waals surface area contributed by atoms with Crippen molar-refractivity contribution < 1.29 is 28.9 Å². The monoisotopic (exact) mass is 498 g/mol. The second kappa shape index (κ2) is 9.39. The molecule has 1 unspecified atom stereocenters. The molecule has 1 aliphatic carbocycles. The summed E-state index contributed by atoms with van der Waals surface area (Å²) in [6, 6.07) is 13.2. The van der Waals surface area contributed by atoms with Crippen molar-refractivity contribution in [1.29, 1.82) is 0 Å². The lowest BCUT2D eigenvalue weighted by atomic mass is 9.87. The fraction of sp³-hybridized carbons (Fsp3) is 0.138. The number of aryl methyl sites for hydroxylation is 2. The van der Waals surface area contributed by atoms with Gasteiger partial charge in [-0.2, -0.15) is 4.98 Å².